The van der Waals surface area contributed by atoms with E-state index in [2.05, 4.69) is 4.98 Å². The van der Waals surface area contributed by atoms with Crippen molar-refractivity contribution in [1.82, 2.24) is 9.88 Å². The number of methoxy groups -OCH3 is 2. The molecule has 0 saturated carbocycles. The highest BCUT2D eigenvalue weighted by Gasteiger charge is 2.23. The van der Waals surface area contributed by atoms with Crippen molar-refractivity contribution < 1.29 is 14.3 Å². The number of benzene rings is 1. The second-order valence-electron chi connectivity index (χ2n) is 5.69. The lowest BCUT2D eigenvalue weighted by Crippen LogP contribution is -2.36. The lowest BCUT2D eigenvalue weighted by Gasteiger charge is -2.29. The summed E-state index contributed by atoms with van der Waals surface area (Å²) in [5.41, 5.74) is 9.21. The molecule has 0 spiro atoms. The second-order valence-corrected chi connectivity index (χ2v) is 5.69. The molecule has 6 nitrogen and oxygen atoms in total. The van der Waals surface area contributed by atoms with Gasteiger partial charge in [-0.05, 0) is 41.8 Å². The van der Waals surface area contributed by atoms with Crippen LogP contribution in [0.25, 0.3) is 0 Å². The largest absolute Gasteiger partial charge is 0.493 e. The summed E-state index contributed by atoms with van der Waals surface area (Å²) in [5, 5.41) is 0. The maximum atomic E-state index is 12.8. The van der Waals surface area contributed by atoms with E-state index in [9.17, 15) is 4.79 Å². The molecule has 0 saturated heterocycles. The van der Waals surface area contributed by atoms with E-state index in [-0.39, 0.29) is 5.91 Å². The number of hydrogen-bond acceptors (Lipinski definition) is 5. The van der Waals surface area contributed by atoms with Gasteiger partial charge in [0.15, 0.2) is 11.5 Å². The molecule has 1 aliphatic rings. The van der Waals surface area contributed by atoms with Crippen LogP contribution in [0.2, 0.25) is 0 Å². The van der Waals surface area contributed by atoms with Gasteiger partial charge >= 0.3 is 0 Å². The topological polar surface area (TPSA) is 77.7 Å². The zero-order chi connectivity index (χ0) is 17.1. The lowest BCUT2D eigenvalue weighted by molar-refractivity contribution is 0.0734. The lowest BCUT2D eigenvalue weighted by atomic mass is 9.98. The van der Waals surface area contributed by atoms with E-state index in [1.807, 2.05) is 17.0 Å². The zero-order valence-corrected chi connectivity index (χ0v) is 13.9. The maximum Gasteiger partial charge on any atom is 0.254 e. The van der Waals surface area contributed by atoms with Gasteiger partial charge in [0, 0.05) is 31.4 Å². The molecule has 2 aromatic rings. The number of nitrogens with zero attached hydrogens (tertiary/aromatic N) is 2. The van der Waals surface area contributed by atoms with Crippen LogP contribution in [0, 0.1) is 0 Å². The standard InChI is InChI=1S/C18H21N3O3/c1-23-16-8-12-4-6-21(11-14(12)9-17(16)24-2)18(22)13-3-5-20-15(7-13)10-19/h3,5,7-9H,4,6,10-11,19H2,1-2H3. The van der Waals surface area contributed by atoms with Crippen molar-refractivity contribution in [2.24, 2.45) is 5.73 Å². The highest BCUT2D eigenvalue weighted by molar-refractivity contribution is 5.94. The average Bonchev–Trinajstić information content (AvgIpc) is 2.65. The molecule has 2 heterocycles. The van der Waals surface area contributed by atoms with Gasteiger partial charge < -0.3 is 20.1 Å². The van der Waals surface area contributed by atoms with E-state index in [4.69, 9.17) is 15.2 Å². The molecule has 1 aliphatic heterocycles. The molecule has 1 aromatic carbocycles. The number of nitrogens with two attached hydrogens (primary N) is 1. The number of ether oxygens (including phenoxy) is 2. The summed E-state index contributed by atoms with van der Waals surface area (Å²) >= 11 is 0. The fraction of sp³-hybridized carbons (Fsp3) is 0.333. The summed E-state index contributed by atoms with van der Waals surface area (Å²) in [6, 6.07) is 7.43. The van der Waals surface area contributed by atoms with Gasteiger partial charge in [-0.25, -0.2) is 0 Å². The van der Waals surface area contributed by atoms with Crippen molar-refractivity contribution in [2.75, 3.05) is 20.8 Å². The van der Waals surface area contributed by atoms with Crippen molar-refractivity contribution in [3.8, 4) is 11.5 Å². The van der Waals surface area contributed by atoms with Gasteiger partial charge in [-0.2, -0.15) is 0 Å². The Morgan fingerprint density at radius 2 is 1.92 bits per heavy atom. The van der Waals surface area contributed by atoms with Crippen LogP contribution in [0.15, 0.2) is 30.5 Å². The van der Waals surface area contributed by atoms with Crippen molar-refractivity contribution in [3.63, 3.8) is 0 Å². The van der Waals surface area contributed by atoms with Crippen LogP contribution in [0.5, 0.6) is 11.5 Å². The number of fused-ring (bicyclic) bond motifs is 1. The minimum atomic E-state index is -0.00691. The first-order valence-electron chi connectivity index (χ1n) is 7.84. The number of amides is 1. The number of hydrogen-bond donors (Lipinski definition) is 1. The molecule has 1 amide bonds. The van der Waals surface area contributed by atoms with Crippen LogP contribution in [-0.2, 0) is 19.5 Å². The molecule has 2 N–H and O–H groups in total. The van der Waals surface area contributed by atoms with Gasteiger partial charge in [0.1, 0.15) is 0 Å². The molecule has 0 aliphatic carbocycles. The molecule has 0 atom stereocenters. The molecule has 1 aromatic heterocycles. The molecule has 0 bridgehead atoms. The number of pyridine rings is 1. The van der Waals surface area contributed by atoms with Gasteiger partial charge in [-0.1, -0.05) is 0 Å². The van der Waals surface area contributed by atoms with Gasteiger partial charge in [-0.15, -0.1) is 0 Å². The number of rotatable bonds is 4. The maximum absolute atomic E-state index is 12.8. The molecular weight excluding hydrogens is 306 g/mol. The third-order valence-electron chi connectivity index (χ3n) is 4.28. The van der Waals surface area contributed by atoms with Crippen molar-refractivity contribution in [1.29, 1.82) is 0 Å². The number of carbonyl (C=O) groups excluding carboxylic acids is 1. The van der Waals surface area contributed by atoms with Gasteiger partial charge in [0.25, 0.3) is 5.91 Å². The minimum Gasteiger partial charge on any atom is -0.493 e. The Balaban J connectivity index is 1.85. The Hall–Kier alpha value is -2.60. The highest BCUT2D eigenvalue weighted by Crippen LogP contribution is 2.33. The predicted molar refractivity (Wildman–Crippen MR) is 90.1 cm³/mol. The predicted octanol–water partition coefficient (Wildman–Crippen LogP) is 1.76. The van der Waals surface area contributed by atoms with Gasteiger partial charge in [-0.3, -0.25) is 9.78 Å². The van der Waals surface area contributed by atoms with Crippen LogP contribution in [0.3, 0.4) is 0 Å². The van der Waals surface area contributed by atoms with Gasteiger partial charge in [0.05, 0.1) is 19.9 Å². The summed E-state index contributed by atoms with van der Waals surface area (Å²) in [6.45, 7) is 1.54. The molecule has 0 unspecified atom stereocenters. The first kappa shape index (κ1) is 16.3. The van der Waals surface area contributed by atoms with Crippen LogP contribution >= 0.6 is 0 Å². The van der Waals surface area contributed by atoms with Crippen LogP contribution in [0.1, 0.15) is 27.2 Å². The van der Waals surface area contributed by atoms with Crippen molar-refractivity contribution in [2.45, 2.75) is 19.5 Å². The SMILES string of the molecule is COc1cc2c(cc1OC)CN(C(=O)c1ccnc(CN)c1)CC2. The van der Waals surface area contributed by atoms with E-state index in [0.29, 0.717) is 36.6 Å². The molecule has 6 heteroatoms. The van der Waals surface area contributed by atoms with Crippen molar-refractivity contribution >= 4 is 5.91 Å². The third-order valence-corrected chi connectivity index (χ3v) is 4.28. The smallest absolute Gasteiger partial charge is 0.254 e. The highest BCUT2D eigenvalue weighted by atomic mass is 16.5. The average molecular weight is 327 g/mol. The third kappa shape index (κ3) is 3.05. The Morgan fingerprint density at radius 3 is 2.58 bits per heavy atom. The fourth-order valence-electron chi connectivity index (χ4n) is 2.96. The Kier molecular flexibility index (Phi) is 4.66. The van der Waals surface area contributed by atoms with Crippen molar-refractivity contribution in [3.05, 3.63) is 52.8 Å². The quantitative estimate of drug-likeness (QED) is 0.926. The Labute approximate surface area is 141 Å². The first-order valence-corrected chi connectivity index (χ1v) is 7.84. The van der Waals surface area contributed by atoms with Gasteiger partial charge in [0.2, 0.25) is 0 Å². The normalized spacial score (nSPS) is 13.4. The van der Waals surface area contributed by atoms with E-state index < -0.39 is 0 Å². The number of carbonyl (C=O) groups is 1. The molecular formula is C18H21N3O3. The van der Waals surface area contributed by atoms with Crippen LogP contribution in [0.4, 0.5) is 0 Å². The summed E-state index contributed by atoms with van der Waals surface area (Å²) in [7, 11) is 3.24. The summed E-state index contributed by atoms with van der Waals surface area (Å²) in [6.07, 6.45) is 2.41. The van der Waals surface area contributed by atoms with E-state index in [1.54, 1.807) is 32.5 Å². The van der Waals surface area contributed by atoms with Crippen LogP contribution < -0.4 is 15.2 Å². The monoisotopic (exact) mass is 327 g/mol. The first-order chi connectivity index (χ1) is 11.7. The molecule has 3 rings (SSSR count). The van der Waals surface area contributed by atoms with E-state index >= 15 is 0 Å². The fourth-order valence-corrected chi connectivity index (χ4v) is 2.96. The molecule has 0 fully saturated rings. The molecule has 24 heavy (non-hydrogen) atoms. The summed E-state index contributed by atoms with van der Waals surface area (Å²) < 4.78 is 10.7. The van der Waals surface area contributed by atoms with E-state index in [0.717, 1.165) is 17.7 Å². The van der Waals surface area contributed by atoms with E-state index in [1.165, 1.54) is 5.56 Å². The number of aromatic nitrogens is 1. The molecule has 0 radical (unpaired) electrons. The summed E-state index contributed by atoms with van der Waals surface area (Å²) in [4.78, 5) is 18.7. The second kappa shape index (κ2) is 6.88. The Bertz CT molecular complexity index is 761. The minimum absolute atomic E-state index is 0.00691. The Morgan fingerprint density at radius 1 is 1.21 bits per heavy atom. The van der Waals surface area contributed by atoms with Crippen LogP contribution in [-0.4, -0.2) is 36.6 Å². The summed E-state index contributed by atoms with van der Waals surface area (Å²) in [5.74, 6) is 1.39. The molecule has 126 valence electrons. The zero-order valence-electron chi connectivity index (χ0n) is 13.9.